The number of aliphatic carboxylic acids is 1. The molecule has 0 spiro atoms. The lowest BCUT2D eigenvalue weighted by atomic mass is 9.98. The number of piperazine rings is 1. The van der Waals surface area contributed by atoms with E-state index in [2.05, 4.69) is 11.1 Å². The van der Waals surface area contributed by atoms with Crippen molar-refractivity contribution in [3.63, 3.8) is 0 Å². The van der Waals surface area contributed by atoms with Gasteiger partial charge in [0.25, 0.3) is 0 Å². The summed E-state index contributed by atoms with van der Waals surface area (Å²) in [5.74, 6) is 0.697. The smallest absolute Gasteiger partial charge is 0.341 e. The number of nitrogens with zero attached hydrogens (tertiary/aromatic N) is 1. The average molecular weight is 440 g/mol. The predicted octanol–water partition coefficient (Wildman–Crippen LogP) is 1.48. The van der Waals surface area contributed by atoms with E-state index >= 15 is 0 Å². The second-order valence-corrected chi connectivity index (χ2v) is 8.19. The standard InChI is InChI=1S/C24H24ClN3O3/c25-20-6-4-18(5-7-20)22-9-8-21(31-17-24(29)30)15-19(22)16-27-11-13-28(14-12-27)23-3-1-2-10-26-23/h1-10,15H,11-14,16-17H2,(H,29,30)/p+2. The number of carboxylic acids is 1. The minimum absolute atomic E-state index is 0.349. The fourth-order valence-corrected chi connectivity index (χ4v) is 4.17. The van der Waals surface area contributed by atoms with Gasteiger partial charge >= 0.3 is 5.97 Å². The van der Waals surface area contributed by atoms with E-state index in [0.29, 0.717) is 10.8 Å². The summed E-state index contributed by atoms with van der Waals surface area (Å²) in [6.07, 6.45) is 1.85. The third-order valence-corrected chi connectivity index (χ3v) is 5.87. The number of halogens is 1. The molecular formula is C24H26ClN3O3+2. The van der Waals surface area contributed by atoms with Crippen molar-refractivity contribution in [1.82, 2.24) is 4.98 Å². The van der Waals surface area contributed by atoms with Crippen LogP contribution in [0, 0.1) is 0 Å². The van der Waals surface area contributed by atoms with Gasteiger partial charge in [0.15, 0.2) is 6.61 Å². The summed E-state index contributed by atoms with van der Waals surface area (Å²) in [7, 11) is 0. The Bertz CT molecular complexity index is 1020. The molecule has 160 valence electrons. The third kappa shape index (κ3) is 5.61. The maximum absolute atomic E-state index is 10.9. The van der Waals surface area contributed by atoms with Gasteiger partial charge in [-0.3, -0.25) is 4.90 Å². The minimum Gasteiger partial charge on any atom is -0.482 e. The van der Waals surface area contributed by atoms with Gasteiger partial charge in [0, 0.05) is 22.8 Å². The number of hydrogen-bond acceptors (Lipinski definition) is 3. The zero-order valence-corrected chi connectivity index (χ0v) is 17.9. The number of benzene rings is 2. The Hall–Kier alpha value is -2.93. The van der Waals surface area contributed by atoms with Gasteiger partial charge in [0.05, 0.1) is 0 Å². The van der Waals surface area contributed by atoms with Gasteiger partial charge in [0.1, 0.15) is 38.5 Å². The number of pyridine rings is 1. The van der Waals surface area contributed by atoms with Crippen LogP contribution in [0.15, 0.2) is 66.9 Å². The van der Waals surface area contributed by atoms with E-state index in [4.69, 9.17) is 21.4 Å². The summed E-state index contributed by atoms with van der Waals surface area (Å²) >= 11 is 6.07. The summed E-state index contributed by atoms with van der Waals surface area (Å²) in [4.78, 5) is 18.3. The Labute approximate surface area is 186 Å². The number of quaternary nitrogens is 2. The lowest BCUT2D eigenvalue weighted by Crippen LogP contribution is -3.25. The fourth-order valence-electron chi connectivity index (χ4n) is 4.04. The van der Waals surface area contributed by atoms with Crippen molar-refractivity contribution in [2.75, 3.05) is 32.8 Å². The van der Waals surface area contributed by atoms with Gasteiger partial charge in [-0.25, -0.2) is 9.78 Å². The molecule has 0 radical (unpaired) electrons. The second-order valence-electron chi connectivity index (χ2n) is 7.75. The number of ether oxygens (including phenoxy) is 1. The SMILES string of the molecule is O=C(O)COc1ccc(-c2ccc(Cl)cc2)c(C[NH+]2CC[NH+](c3ccccn3)CC2)c1. The van der Waals surface area contributed by atoms with Crippen molar-refractivity contribution in [1.29, 1.82) is 0 Å². The first-order valence-corrected chi connectivity index (χ1v) is 10.8. The minimum atomic E-state index is -0.984. The van der Waals surface area contributed by atoms with E-state index in [1.165, 1.54) is 9.80 Å². The normalized spacial score (nSPS) is 18.5. The summed E-state index contributed by atoms with van der Waals surface area (Å²) in [5.41, 5.74) is 3.34. The van der Waals surface area contributed by atoms with Gasteiger partial charge < -0.3 is 14.7 Å². The van der Waals surface area contributed by atoms with Crippen LogP contribution in [0.2, 0.25) is 5.02 Å². The fraction of sp³-hybridized carbons (Fsp3) is 0.250. The molecule has 3 N–H and O–H groups in total. The van der Waals surface area contributed by atoms with Crippen LogP contribution in [0.25, 0.3) is 11.1 Å². The molecule has 0 unspecified atom stereocenters. The van der Waals surface area contributed by atoms with Crippen LogP contribution in [0.4, 0.5) is 5.82 Å². The Balaban J connectivity index is 1.51. The summed E-state index contributed by atoms with van der Waals surface area (Å²) in [6.45, 7) is 4.62. The predicted molar refractivity (Wildman–Crippen MR) is 119 cm³/mol. The molecule has 0 aliphatic carbocycles. The number of carbonyl (C=O) groups is 1. The zero-order chi connectivity index (χ0) is 21.6. The van der Waals surface area contributed by atoms with Crippen LogP contribution < -0.4 is 14.5 Å². The second kappa shape index (κ2) is 9.92. The Morgan fingerprint density at radius 1 is 1.03 bits per heavy atom. The lowest BCUT2D eigenvalue weighted by molar-refractivity contribution is -0.995. The molecule has 7 heteroatoms. The number of hydrogen-bond donors (Lipinski definition) is 3. The monoisotopic (exact) mass is 439 g/mol. The van der Waals surface area contributed by atoms with E-state index in [0.717, 1.165) is 55.2 Å². The van der Waals surface area contributed by atoms with Gasteiger partial charge in [-0.1, -0.05) is 35.9 Å². The van der Waals surface area contributed by atoms with Crippen LogP contribution >= 0.6 is 11.6 Å². The highest BCUT2D eigenvalue weighted by Gasteiger charge is 2.26. The van der Waals surface area contributed by atoms with Crippen molar-refractivity contribution in [2.45, 2.75) is 6.54 Å². The first-order valence-electron chi connectivity index (χ1n) is 10.4. The van der Waals surface area contributed by atoms with E-state index in [9.17, 15) is 4.79 Å². The van der Waals surface area contributed by atoms with E-state index in [1.54, 1.807) is 0 Å². The maximum atomic E-state index is 10.9. The summed E-state index contributed by atoms with van der Waals surface area (Å²) in [5, 5.41) is 9.63. The van der Waals surface area contributed by atoms with E-state index in [-0.39, 0.29) is 6.61 Å². The lowest BCUT2D eigenvalue weighted by Gasteiger charge is -2.29. The van der Waals surface area contributed by atoms with Gasteiger partial charge in [-0.05, 0) is 41.5 Å². The first-order chi connectivity index (χ1) is 15.1. The molecule has 1 aliphatic heterocycles. The quantitative estimate of drug-likeness (QED) is 0.521. The van der Waals surface area contributed by atoms with Crippen LogP contribution in [0.1, 0.15) is 5.56 Å². The van der Waals surface area contributed by atoms with Crippen molar-refractivity contribution < 1.29 is 24.4 Å². The van der Waals surface area contributed by atoms with Crippen LogP contribution in [-0.2, 0) is 11.3 Å². The summed E-state index contributed by atoms with van der Waals surface area (Å²) < 4.78 is 5.44. The highest BCUT2D eigenvalue weighted by Crippen LogP contribution is 2.28. The molecule has 1 fully saturated rings. The molecule has 0 bridgehead atoms. The Morgan fingerprint density at radius 3 is 2.48 bits per heavy atom. The first kappa shape index (κ1) is 21.3. The number of nitrogens with one attached hydrogen (secondary N) is 2. The Morgan fingerprint density at radius 2 is 1.81 bits per heavy atom. The van der Waals surface area contributed by atoms with Crippen LogP contribution in [0.3, 0.4) is 0 Å². The molecule has 2 aromatic carbocycles. The largest absolute Gasteiger partial charge is 0.482 e. The van der Waals surface area contributed by atoms with Crippen molar-refractivity contribution >= 4 is 23.4 Å². The molecule has 1 aromatic heterocycles. The molecular weight excluding hydrogens is 414 g/mol. The van der Waals surface area contributed by atoms with E-state index < -0.39 is 5.97 Å². The van der Waals surface area contributed by atoms with E-state index in [1.807, 2.05) is 60.8 Å². The molecule has 31 heavy (non-hydrogen) atoms. The summed E-state index contributed by atoms with van der Waals surface area (Å²) in [6, 6.07) is 19.7. The molecule has 1 aliphatic rings. The van der Waals surface area contributed by atoms with Crippen molar-refractivity contribution in [3.05, 3.63) is 77.4 Å². The van der Waals surface area contributed by atoms with Gasteiger partial charge in [0.2, 0.25) is 5.82 Å². The molecule has 0 atom stereocenters. The molecule has 6 nitrogen and oxygen atoms in total. The molecule has 4 rings (SSSR count). The zero-order valence-electron chi connectivity index (χ0n) is 17.2. The highest BCUT2D eigenvalue weighted by atomic mass is 35.5. The number of rotatable bonds is 7. The van der Waals surface area contributed by atoms with Gasteiger partial charge in [-0.15, -0.1) is 0 Å². The highest BCUT2D eigenvalue weighted by molar-refractivity contribution is 6.30. The van der Waals surface area contributed by atoms with Crippen LogP contribution in [-0.4, -0.2) is 48.8 Å². The van der Waals surface area contributed by atoms with Gasteiger partial charge in [-0.2, -0.15) is 0 Å². The number of aromatic nitrogens is 1. The third-order valence-electron chi connectivity index (χ3n) is 5.62. The topological polar surface area (TPSA) is 68.3 Å². The van der Waals surface area contributed by atoms with Crippen molar-refractivity contribution in [3.8, 4) is 16.9 Å². The molecule has 3 aromatic rings. The van der Waals surface area contributed by atoms with Crippen LogP contribution in [0.5, 0.6) is 5.75 Å². The molecule has 1 saturated heterocycles. The Kier molecular flexibility index (Phi) is 6.82. The average Bonchev–Trinajstić information content (AvgIpc) is 2.80. The molecule has 0 amide bonds. The van der Waals surface area contributed by atoms with Crippen molar-refractivity contribution in [2.24, 2.45) is 0 Å². The molecule has 0 saturated carbocycles. The molecule has 2 heterocycles. The maximum Gasteiger partial charge on any atom is 0.341 e. The number of carboxylic acid groups (broad SMARTS) is 1.